The molecule has 1 atom stereocenters. The second-order valence-electron chi connectivity index (χ2n) is 9.04. The largest absolute Gasteiger partial charge is 0.356 e. The van der Waals surface area contributed by atoms with Crippen molar-refractivity contribution < 1.29 is 4.79 Å². The molecule has 2 saturated heterocycles. The van der Waals surface area contributed by atoms with Gasteiger partial charge in [0.15, 0.2) is 5.96 Å². The Hall–Kier alpha value is -0.570. The highest BCUT2D eigenvalue weighted by Gasteiger charge is 2.53. The van der Waals surface area contributed by atoms with Gasteiger partial charge in [-0.1, -0.05) is 13.8 Å². The molecular weight excluding hydrogens is 453 g/mol. The molecule has 1 N–H and O–H groups in total. The van der Waals surface area contributed by atoms with Crippen LogP contribution < -0.4 is 5.32 Å². The molecule has 1 amide bonds. The van der Waals surface area contributed by atoms with E-state index in [1.807, 2.05) is 14.1 Å². The van der Waals surface area contributed by atoms with Crippen molar-refractivity contribution in [1.82, 2.24) is 20.0 Å². The van der Waals surface area contributed by atoms with Crippen LogP contribution in [0.15, 0.2) is 4.99 Å². The number of hydrogen-bond acceptors (Lipinski definition) is 3. The number of hydrogen-bond donors (Lipinski definition) is 1. The summed E-state index contributed by atoms with van der Waals surface area (Å²) in [6, 6.07) is 0.0670. The van der Waals surface area contributed by atoms with E-state index in [4.69, 9.17) is 4.99 Å². The van der Waals surface area contributed by atoms with Crippen molar-refractivity contribution in [3.05, 3.63) is 0 Å². The van der Waals surface area contributed by atoms with Crippen LogP contribution in [0.4, 0.5) is 0 Å². The SMILES string of the molecule is CCNC(=NCCCN1CCCC1C(=O)N(C)C)N1CC(C)(C)C1(C)C.I. The van der Waals surface area contributed by atoms with Gasteiger partial charge in [-0.15, -0.1) is 24.0 Å². The number of rotatable bonds is 6. The number of nitrogens with one attached hydrogen (secondary N) is 1. The molecule has 0 bridgehead atoms. The Morgan fingerprint density at radius 3 is 2.44 bits per heavy atom. The second kappa shape index (κ2) is 9.76. The minimum absolute atomic E-state index is 0. The molecule has 2 heterocycles. The maximum atomic E-state index is 12.3. The Kier molecular flexibility index (Phi) is 8.85. The topological polar surface area (TPSA) is 51.2 Å². The monoisotopic (exact) mass is 493 g/mol. The standard InChI is InChI=1S/C20H39N5O.HI/c1-8-21-18(25-15-19(2,3)20(25,4)5)22-12-10-14-24-13-9-11-16(24)17(26)23(6)7;/h16H,8-15H2,1-7H3,(H,21,22);1H. The van der Waals surface area contributed by atoms with Crippen LogP contribution in [0.5, 0.6) is 0 Å². The fourth-order valence-corrected chi connectivity index (χ4v) is 3.93. The van der Waals surface area contributed by atoms with Crippen LogP contribution in [0.3, 0.4) is 0 Å². The first-order valence-corrected chi connectivity index (χ1v) is 10.1. The summed E-state index contributed by atoms with van der Waals surface area (Å²) in [6.07, 6.45) is 3.09. The molecule has 2 aliphatic rings. The predicted molar refractivity (Wildman–Crippen MR) is 124 cm³/mol. The zero-order valence-corrected chi connectivity index (χ0v) is 20.7. The molecule has 6 nitrogen and oxygen atoms in total. The molecule has 0 aromatic rings. The van der Waals surface area contributed by atoms with E-state index in [1.165, 1.54) is 0 Å². The average molecular weight is 493 g/mol. The zero-order valence-electron chi connectivity index (χ0n) is 18.3. The number of carbonyl (C=O) groups excluding carboxylic acids is 1. The summed E-state index contributed by atoms with van der Waals surface area (Å²) in [5.74, 6) is 1.27. The van der Waals surface area contributed by atoms with Gasteiger partial charge in [0.1, 0.15) is 0 Å². The smallest absolute Gasteiger partial charge is 0.239 e. The molecule has 0 aliphatic carbocycles. The first-order valence-electron chi connectivity index (χ1n) is 10.1. The third kappa shape index (κ3) is 5.28. The third-order valence-electron chi connectivity index (χ3n) is 6.43. The van der Waals surface area contributed by atoms with E-state index in [0.29, 0.717) is 5.41 Å². The number of guanidine groups is 1. The summed E-state index contributed by atoms with van der Waals surface area (Å²) >= 11 is 0. The van der Waals surface area contributed by atoms with E-state index >= 15 is 0 Å². The average Bonchev–Trinajstić information content (AvgIpc) is 3.03. The molecule has 7 heteroatoms. The summed E-state index contributed by atoms with van der Waals surface area (Å²) < 4.78 is 0. The minimum atomic E-state index is 0. The highest BCUT2D eigenvalue weighted by molar-refractivity contribution is 14.0. The normalized spacial score (nSPS) is 24.2. The third-order valence-corrected chi connectivity index (χ3v) is 6.43. The Bertz CT molecular complexity index is 532. The Morgan fingerprint density at radius 2 is 1.93 bits per heavy atom. The fourth-order valence-electron chi connectivity index (χ4n) is 3.93. The molecule has 1 unspecified atom stereocenters. The van der Waals surface area contributed by atoms with E-state index in [1.54, 1.807) is 4.90 Å². The predicted octanol–water partition coefficient (Wildman–Crippen LogP) is 2.63. The molecule has 158 valence electrons. The van der Waals surface area contributed by atoms with Crippen LogP contribution in [0.1, 0.15) is 53.9 Å². The van der Waals surface area contributed by atoms with E-state index < -0.39 is 0 Å². The molecule has 0 saturated carbocycles. The van der Waals surface area contributed by atoms with Gasteiger partial charge in [-0.05, 0) is 46.6 Å². The van der Waals surface area contributed by atoms with Crippen LogP contribution in [0, 0.1) is 5.41 Å². The molecule has 2 aliphatic heterocycles. The molecule has 0 aromatic carbocycles. The summed E-state index contributed by atoms with van der Waals surface area (Å²) in [6.45, 7) is 16.1. The number of likely N-dealkylation sites (N-methyl/N-ethyl adjacent to an activating group) is 1. The highest BCUT2D eigenvalue weighted by atomic mass is 127. The zero-order chi connectivity index (χ0) is 19.5. The molecular formula is C20H40IN5O. The van der Waals surface area contributed by atoms with Crippen molar-refractivity contribution in [2.75, 3.05) is 46.8 Å². The first-order chi connectivity index (χ1) is 12.1. The molecule has 2 fully saturated rings. The molecule has 2 rings (SSSR count). The molecule has 27 heavy (non-hydrogen) atoms. The van der Waals surface area contributed by atoms with Gasteiger partial charge in [-0.3, -0.25) is 14.7 Å². The van der Waals surface area contributed by atoms with Crippen LogP contribution >= 0.6 is 24.0 Å². The highest BCUT2D eigenvalue weighted by Crippen LogP contribution is 2.46. The van der Waals surface area contributed by atoms with Gasteiger partial charge in [-0.25, -0.2) is 0 Å². The lowest BCUT2D eigenvalue weighted by Crippen LogP contribution is -2.72. The minimum Gasteiger partial charge on any atom is -0.356 e. The number of nitrogens with zero attached hydrogens (tertiary/aromatic N) is 4. The van der Waals surface area contributed by atoms with E-state index in [2.05, 4.69) is 49.7 Å². The molecule has 0 aromatic heterocycles. The van der Waals surface area contributed by atoms with E-state index in [-0.39, 0.29) is 41.5 Å². The van der Waals surface area contributed by atoms with Crippen molar-refractivity contribution in [3.8, 4) is 0 Å². The van der Waals surface area contributed by atoms with Gasteiger partial charge >= 0.3 is 0 Å². The van der Waals surface area contributed by atoms with Crippen molar-refractivity contribution in [1.29, 1.82) is 0 Å². The van der Waals surface area contributed by atoms with Crippen LogP contribution in [-0.4, -0.2) is 85.0 Å². The van der Waals surface area contributed by atoms with Crippen LogP contribution in [0.25, 0.3) is 0 Å². The first kappa shape index (κ1) is 24.5. The Balaban J connectivity index is 0.00000364. The number of aliphatic imine (C=N–C) groups is 1. The maximum Gasteiger partial charge on any atom is 0.239 e. The maximum absolute atomic E-state index is 12.3. The Morgan fingerprint density at radius 1 is 1.26 bits per heavy atom. The molecule has 0 radical (unpaired) electrons. The van der Waals surface area contributed by atoms with Gasteiger partial charge in [0.05, 0.1) is 6.04 Å². The van der Waals surface area contributed by atoms with E-state index in [9.17, 15) is 4.79 Å². The van der Waals surface area contributed by atoms with Crippen molar-refractivity contribution in [2.24, 2.45) is 10.4 Å². The lowest BCUT2D eigenvalue weighted by molar-refractivity contribution is -0.133. The second-order valence-corrected chi connectivity index (χ2v) is 9.04. The van der Waals surface area contributed by atoms with Gasteiger partial charge in [0.25, 0.3) is 0 Å². The number of carbonyl (C=O) groups is 1. The van der Waals surface area contributed by atoms with Gasteiger partial charge in [-0.2, -0.15) is 0 Å². The van der Waals surface area contributed by atoms with Crippen LogP contribution in [-0.2, 0) is 4.79 Å². The van der Waals surface area contributed by atoms with Crippen molar-refractivity contribution in [3.63, 3.8) is 0 Å². The summed E-state index contributed by atoms with van der Waals surface area (Å²) in [5.41, 5.74) is 0.421. The Labute approximate surface area is 183 Å². The van der Waals surface area contributed by atoms with Gasteiger partial charge in [0.2, 0.25) is 5.91 Å². The number of halogens is 1. The summed E-state index contributed by atoms with van der Waals surface area (Å²) in [5, 5.41) is 3.45. The summed E-state index contributed by atoms with van der Waals surface area (Å²) in [7, 11) is 3.70. The van der Waals surface area contributed by atoms with Crippen molar-refractivity contribution in [2.45, 2.75) is 65.5 Å². The summed E-state index contributed by atoms with van der Waals surface area (Å²) in [4.78, 5) is 23.6. The lowest BCUT2D eigenvalue weighted by Gasteiger charge is -2.62. The van der Waals surface area contributed by atoms with Crippen LogP contribution in [0.2, 0.25) is 0 Å². The van der Waals surface area contributed by atoms with E-state index in [0.717, 1.165) is 57.9 Å². The van der Waals surface area contributed by atoms with Crippen molar-refractivity contribution >= 4 is 35.8 Å². The van der Waals surface area contributed by atoms with Gasteiger partial charge in [0, 0.05) is 51.2 Å². The fraction of sp³-hybridized carbons (Fsp3) is 0.900. The lowest BCUT2D eigenvalue weighted by atomic mass is 9.65. The quantitative estimate of drug-likeness (QED) is 0.268. The number of likely N-dealkylation sites (tertiary alicyclic amines) is 2. The molecule has 0 spiro atoms. The van der Waals surface area contributed by atoms with Gasteiger partial charge < -0.3 is 15.1 Å². The number of amides is 1.